The van der Waals surface area contributed by atoms with Crippen molar-refractivity contribution in [1.82, 2.24) is 15.1 Å². The van der Waals surface area contributed by atoms with E-state index >= 15 is 0 Å². The van der Waals surface area contributed by atoms with Crippen LogP contribution in [0.5, 0.6) is 0 Å². The number of rotatable bonds is 1. The van der Waals surface area contributed by atoms with Crippen LogP contribution in [0.15, 0.2) is 4.79 Å². The van der Waals surface area contributed by atoms with Crippen LogP contribution in [0.4, 0.5) is 0 Å². The Kier molecular flexibility index (Phi) is 2.46. The summed E-state index contributed by atoms with van der Waals surface area (Å²) in [5.74, 6) is 0.446. The zero-order valence-electron chi connectivity index (χ0n) is 8.76. The van der Waals surface area contributed by atoms with Gasteiger partial charge in [-0.25, -0.2) is 0 Å². The molecule has 1 aliphatic heterocycles. The quantitative estimate of drug-likeness (QED) is 0.697. The van der Waals surface area contributed by atoms with Gasteiger partial charge in [-0.1, -0.05) is 0 Å². The first-order chi connectivity index (χ1) is 6.68. The Balaban J connectivity index is 2.20. The molecule has 0 aromatic carbocycles. The van der Waals surface area contributed by atoms with Crippen LogP contribution in [0.1, 0.15) is 30.0 Å². The molecule has 0 radical (unpaired) electrons. The maximum atomic E-state index is 11.5. The van der Waals surface area contributed by atoms with E-state index in [1.165, 1.54) is 0 Å². The summed E-state index contributed by atoms with van der Waals surface area (Å²) in [4.78, 5) is 13.8. The minimum atomic E-state index is 0.0667. The first-order valence-electron chi connectivity index (χ1n) is 5.14. The Morgan fingerprint density at radius 1 is 1.29 bits per heavy atom. The van der Waals surface area contributed by atoms with Crippen molar-refractivity contribution >= 4 is 0 Å². The van der Waals surface area contributed by atoms with Crippen LogP contribution in [-0.2, 0) is 0 Å². The average molecular weight is 195 g/mol. The number of nitrogens with zero attached hydrogens (tertiary/aromatic N) is 1. The summed E-state index contributed by atoms with van der Waals surface area (Å²) in [5, 5.41) is 5.55. The molecule has 1 aliphatic rings. The van der Waals surface area contributed by atoms with Gasteiger partial charge in [0.1, 0.15) is 0 Å². The second kappa shape index (κ2) is 3.61. The molecule has 0 atom stereocenters. The zero-order valence-corrected chi connectivity index (χ0v) is 8.76. The Morgan fingerprint density at radius 3 is 2.43 bits per heavy atom. The summed E-state index contributed by atoms with van der Waals surface area (Å²) in [6.07, 6.45) is 2.19. The Hall–Kier alpha value is -1.03. The monoisotopic (exact) mass is 195 g/mol. The van der Waals surface area contributed by atoms with E-state index in [4.69, 9.17) is 0 Å². The van der Waals surface area contributed by atoms with Gasteiger partial charge in [-0.15, -0.1) is 0 Å². The van der Waals surface area contributed by atoms with Crippen molar-refractivity contribution in [3.63, 3.8) is 0 Å². The highest BCUT2D eigenvalue weighted by atomic mass is 16.1. The van der Waals surface area contributed by atoms with Crippen molar-refractivity contribution < 1.29 is 0 Å². The molecule has 0 unspecified atom stereocenters. The highest BCUT2D eigenvalue weighted by Crippen LogP contribution is 2.26. The fraction of sp³-hybridized carbons (Fsp3) is 0.700. The number of H-pyrrole nitrogens is 2. The second-order valence-electron chi connectivity index (χ2n) is 4.20. The fourth-order valence-electron chi connectivity index (χ4n) is 2.24. The molecule has 2 heterocycles. The standard InChI is InChI=1S/C10H17N3O/c1-7-9(10(14)12-11-7)8-3-5-13(2)6-4-8/h8H,3-6H2,1-2H3,(H2,11,12,14). The third-order valence-corrected chi connectivity index (χ3v) is 3.14. The summed E-state index contributed by atoms with van der Waals surface area (Å²) in [6, 6.07) is 0. The minimum absolute atomic E-state index is 0.0667. The third-order valence-electron chi connectivity index (χ3n) is 3.14. The van der Waals surface area contributed by atoms with E-state index in [1.807, 2.05) is 6.92 Å². The van der Waals surface area contributed by atoms with Crippen molar-refractivity contribution in [2.75, 3.05) is 20.1 Å². The summed E-state index contributed by atoms with van der Waals surface area (Å²) in [7, 11) is 2.13. The van der Waals surface area contributed by atoms with Crippen LogP contribution in [0, 0.1) is 6.92 Å². The Morgan fingerprint density at radius 2 is 1.93 bits per heavy atom. The van der Waals surface area contributed by atoms with Gasteiger partial charge in [0.25, 0.3) is 5.56 Å². The lowest BCUT2D eigenvalue weighted by atomic mass is 9.90. The van der Waals surface area contributed by atoms with E-state index in [2.05, 4.69) is 22.1 Å². The van der Waals surface area contributed by atoms with Gasteiger partial charge in [0.05, 0.1) is 0 Å². The number of aromatic nitrogens is 2. The van der Waals surface area contributed by atoms with E-state index in [0.29, 0.717) is 5.92 Å². The first kappa shape index (κ1) is 9.52. The molecular formula is C10H17N3O. The van der Waals surface area contributed by atoms with Crippen LogP contribution in [0.3, 0.4) is 0 Å². The van der Waals surface area contributed by atoms with Crippen molar-refractivity contribution in [2.45, 2.75) is 25.7 Å². The minimum Gasteiger partial charge on any atom is -0.306 e. The molecule has 2 rings (SSSR count). The van der Waals surface area contributed by atoms with E-state index in [1.54, 1.807) is 0 Å². The van der Waals surface area contributed by atoms with Crippen LogP contribution in [-0.4, -0.2) is 35.2 Å². The highest BCUT2D eigenvalue weighted by molar-refractivity contribution is 5.20. The van der Waals surface area contributed by atoms with Crippen molar-refractivity contribution in [2.24, 2.45) is 0 Å². The number of aromatic amines is 2. The van der Waals surface area contributed by atoms with Gasteiger partial charge in [0.2, 0.25) is 0 Å². The lowest BCUT2D eigenvalue weighted by molar-refractivity contribution is 0.254. The molecule has 0 saturated carbocycles. The predicted molar refractivity (Wildman–Crippen MR) is 55.6 cm³/mol. The van der Waals surface area contributed by atoms with Gasteiger partial charge in [-0.3, -0.25) is 9.89 Å². The van der Waals surface area contributed by atoms with Gasteiger partial charge in [-0.05, 0) is 45.8 Å². The molecule has 78 valence electrons. The highest BCUT2D eigenvalue weighted by Gasteiger charge is 2.22. The lowest BCUT2D eigenvalue weighted by Crippen LogP contribution is -2.30. The van der Waals surface area contributed by atoms with Crippen molar-refractivity contribution in [1.29, 1.82) is 0 Å². The smallest absolute Gasteiger partial charge is 0.267 e. The Labute approximate surface area is 83.3 Å². The molecule has 0 bridgehead atoms. The van der Waals surface area contributed by atoms with Gasteiger partial charge in [0.15, 0.2) is 0 Å². The van der Waals surface area contributed by atoms with Crippen LogP contribution in [0.25, 0.3) is 0 Å². The van der Waals surface area contributed by atoms with Crippen LogP contribution < -0.4 is 5.56 Å². The fourth-order valence-corrected chi connectivity index (χ4v) is 2.24. The summed E-state index contributed by atoms with van der Waals surface area (Å²) in [5.41, 5.74) is 2.04. The number of hydrogen-bond acceptors (Lipinski definition) is 2. The topological polar surface area (TPSA) is 51.9 Å². The lowest BCUT2D eigenvalue weighted by Gasteiger charge is -2.28. The van der Waals surface area contributed by atoms with Crippen LogP contribution >= 0.6 is 0 Å². The molecular weight excluding hydrogens is 178 g/mol. The molecule has 0 spiro atoms. The van der Waals surface area contributed by atoms with Crippen molar-refractivity contribution in [3.05, 3.63) is 21.6 Å². The molecule has 14 heavy (non-hydrogen) atoms. The first-order valence-corrected chi connectivity index (χ1v) is 5.14. The molecule has 0 amide bonds. The zero-order chi connectivity index (χ0) is 10.1. The largest absolute Gasteiger partial charge is 0.306 e. The van der Waals surface area contributed by atoms with E-state index < -0.39 is 0 Å². The molecule has 1 aromatic rings. The van der Waals surface area contributed by atoms with Gasteiger partial charge < -0.3 is 10.00 Å². The van der Waals surface area contributed by atoms with Gasteiger partial charge in [-0.2, -0.15) is 0 Å². The maximum Gasteiger partial charge on any atom is 0.267 e. The molecule has 1 saturated heterocycles. The van der Waals surface area contributed by atoms with E-state index in [9.17, 15) is 4.79 Å². The summed E-state index contributed by atoms with van der Waals surface area (Å²) >= 11 is 0. The van der Waals surface area contributed by atoms with Crippen molar-refractivity contribution in [3.8, 4) is 0 Å². The summed E-state index contributed by atoms with van der Waals surface area (Å²) in [6.45, 7) is 4.15. The summed E-state index contributed by atoms with van der Waals surface area (Å²) < 4.78 is 0. The molecule has 1 aromatic heterocycles. The van der Waals surface area contributed by atoms with Crippen LogP contribution in [0.2, 0.25) is 0 Å². The average Bonchev–Trinajstić information content (AvgIpc) is 2.49. The molecule has 4 nitrogen and oxygen atoms in total. The van der Waals surface area contributed by atoms with Gasteiger partial charge in [0, 0.05) is 11.3 Å². The normalized spacial score (nSPS) is 20.1. The third kappa shape index (κ3) is 1.62. The number of piperidine rings is 1. The predicted octanol–water partition coefficient (Wildman–Crippen LogP) is 0.821. The maximum absolute atomic E-state index is 11.5. The molecule has 0 aliphatic carbocycles. The molecule has 2 N–H and O–H groups in total. The molecule has 4 heteroatoms. The molecule has 1 fully saturated rings. The number of likely N-dealkylation sites (tertiary alicyclic amines) is 1. The van der Waals surface area contributed by atoms with E-state index in [-0.39, 0.29) is 5.56 Å². The van der Waals surface area contributed by atoms with E-state index in [0.717, 1.165) is 37.2 Å². The SMILES string of the molecule is Cc1[nH][nH]c(=O)c1C1CCN(C)CC1. The number of aryl methyl sites for hydroxylation is 1. The number of nitrogens with one attached hydrogen (secondary N) is 2. The Bertz CT molecular complexity index is 358. The second-order valence-corrected chi connectivity index (χ2v) is 4.20. The van der Waals surface area contributed by atoms with Gasteiger partial charge >= 0.3 is 0 Å². The number of hydrogen-bond donors (Lipinski definition) is 2.